The van der Waals surface area contributed by atoms with Gasteiger partial charge < -0.3 is 23.0 Å². The highest BCUT2D eigenvalue weighted by Crippen LogP contribution is 2.54. The zero-order valence-corrected chi connectivity index (χ0v) is 28.3. The van der Waals surface area contributed by atoms with E-state index in [0.29, 0.717) is 11.5 Å². The van der Waals surface area contributed by atoms with Crippen molar-refractivity contribution in [3.63, 3.8) is 0 Å². The van der Waals surface area contributed by atoms with Crippen LogP contribution in [0.2, 0.25) is 0 Å². The number of ether oxygens (including phenoxy) is 2. The van der Waals surface area contributed by atoms with Crippen LogP contribution < -0.4 is 9.47 Å². The standard InChI is InChI=1S/C48H28N2O3/c1-2-10-29(11-3-1)30-18-20-31(21-19-30)49-37-15-7-4-13-34(37)45-39(49)23-26-43-47(45)52-44-27-24-40-46(48(44)53-43)35-14-5-8-16-38(35)50(40)32-22-25-42-36(28-32)33-12-6-9-17-41(33)51-42/h1-28H. The molecule has 4 heterocycles. The fourth-order valence-electron chi connectivity index (χ4n) is 8.45. The van der Waals surface area contributed by atoms with E-state index in [4.69, 9.17) is 13.9 Å². The fraction of sp³-hybridized carbons (Fsp3) is 0. The van der Waals surface area contributed by atoms with Gasteiger partial charge in [0.1, 0.15) is 11.2 Å². The second-order valence-electron chi connectivity index (χ2n) is 13.7. The average molecular weight is 681 g/mol. The molecule has 248 valence electrons. The van der Waals surface area contributed by atoms with Gasteiger partial charge in [0.15, 0.2) is 23.0 Å². The molecule has 12 rings (SSSR count). The van der Waals surface area contributed by atoms with Gasteiger partial charge >= 0.3 is 0 Å². The molecule has 0 amide bonds. The molecule has 5 heteroatoms. The van der Waals surface area contributed by atoms with Gasteiger partial charge in [0.25, 0.3) is 0 Å². The predicted molar refractivity (Wildman–Crippen MR) is 214 cm³/mol. The highest BCUT2D eigenvalue weighted by atomic mass is 16.6. The molecule has 0 bridgehead atoms. The summed E-state index contributed by atoms with van der Waals surface area (Å²) in [5.74, 6) is 2.84. The molecule has 53 heavy (non-hydrogen) atoms. The third-order valence-electron chi connectivity index (χ3n) is 10.8. The third kappa shape index (κ3) is 4.02. The maximum absolute atomic E-state index is 6.94. The van der Waals surface area contributed by atoms with Gasteiger partial charge in [0, 0.05) is 32.9 Å². The normalized spacial score (nSPS) is 12.5. The minimum atomic E-state index is 0.695. The summed E-state index contributed by atoms with van der Waals surface area (Å²) in [4.78, 5) is 0. The summed E-state index contributed by atoms with van der Waals surface area (Å²) >= 11 is 0. The molecule has 0 aliphatic carbocycles. The Morgan fingerprint density at radius 1 is 0.340 bits per heavy atom. The van der Waals surface area contributed by atoms with Gasteiger partial charge in [0.05, 0.1) is 32.8 Å². The summed E-state index contributed by atoms with van der Waals surface area (Å²) in [7, 11) is 0. The van der Waals surface area contributed by atoms with E-state index in [2.05, 4.69) is 149 Å². The topological polar surface area (TPSA) is 41.5 Å². The van der Waals surface area contributed by atoms with Crippen molar-refractivity contribution in [2.45, 2.75) is 0 Å². The van der Waals surface area contributed by atoms with E-state index < -0.39 is 0 Å². The molecule has 0 saturated carbocycles. The predicted octanol–water partition coefficient (Wildman–Crippen LogP) is 13.3. The SMILES string of the molecule is c1ccc(-c2ccc(-n3c4ccccc4c4c5c(ccc43)Oc3c(ccc4c3c3ccccc3n4-c3ccc4oc6ccccc6c4c3)O5)cc2)cc1. The monoisotopic (exact) mass is 680 g/mol. The summed E-state index contributed by atoms with van der Waals surface area (Å²) in [5, 5.41) is 6.44. The van der Waals surface area contributed by atoms with Crippen LogP contribution in [-0.4, -0.2) is 9.13 Å². The van der Waals surface area contributed by atoms with E-state index in [9.17, 15) is 0 Å². The van der Waals surface area contributed by atoms with E-state index in [1.54, 1.807) is 0 Å². The van der Waals surface area contributed by atoms with Crippen molar-refractivity contribution in [1.29, 1.82) is 0 Å². The molecular formula is C48H28N2O3. The maximum atomic E-state index is 6.94. The summed E-state index contributed by atoms with van der Waals surface area (Å²) in [6, 6.07) is 59.3. The third-order valence-corrected chi connectivity index (χ3v) is 10.8. The molecule has 0 unspecified atom stereocenters. The average Bonchev–Trinajstić information content (AvgIpc) is 3.88. The van der Waals surface area contributed by atoms with Crippen LogP contribution in [-0.2, 0) is 0 Å². The Labute approximate surface area is 303 Å². The minimum Gasteiger partial charge on any atom is -0.456 e. The number of hydrogen-bond donors (Lipinski definition) is 0. The van der Waals surface area contributed by atoms with Crippen LogP contribution in [0, 0.1) is 0 Å². The van der Waals surface area contributed by atoms with Crippen molar-refractivity contribution in [2.24, 2.45) is 0 Å². The lowest BCUT2D eigenvalue weighted by atomic mass is 10.1. The molecule has 0 saturated heterocycles. The van der Waals surface area contributed by atoms with E-state index in [-0.39, 0.29) is 0 Å². The lowest BCUT2D eigenvalue weighted by Crippen LogP contribution is -2.01. The minimum absolute atomic E-state index is 0.695. The summed E-state index contributed by atoms with van der Waals surface area (Å²) < 4.78 is 24.7. The Morgan fingerprint density at radius 2 is 0.849 bits per heavy atom. The molecule has 0 spiro atoms. The Bertz CT molecular complexity index is 3280. The molecule has 0 fully saturated rings. The van der Waals surface area contributed by atoms with Gasteiger partial charge in [-0.15, -0.1) is 0 Å². The Balaban J connectivity index is 1.03. The number of furan rings is 1. The van der Waals surface area contributed by atoms with Gasteiger partial charge in [-0.05, 0) is 83.9 Å². The molecule has 11 aromatic rings. The zero-order chi connectivity index (χ0) is 34.6. The van der Waals surface area contributed by atoms with E-state index in [1.165, 1.54) is 11.1 Å². The molecule has 1 aliphatic rings. The molecule has 5 nitrogen and oxygen atoms in total. The van der Waals surface area contributed by atoms with Crippen LogP contribution in [0.4, 0.5) is 0 Å². The summed E-state index contributed by atoms with van der Waals surface area (Å²) in [6.07, 6.45) is 0. The number of aromatic nitrogens is 2. The van der Waals surface area contributed by atoms with E-state index in [0.717, 1.165) is 88.4 Å². The fourth-order valence-corrected chi connectivity index (χ4v) is 8.45. The van der Waals surface area contributed by atoms with E-state index in [1.807, 2.05) is 30.3 Å². The molecule has 0 radical (unpaired) electrons. The first-order valence-corrected chi connectivity index (χ1v) is 17.8. The lowest BCUT2D eigenvalue weighted by molar-refractivity contribution is 0.367. The van der Waals surface area contributed by atoms with Crippen molar-refractivity contribution < 1.29 is 13.9 Å². The van der Waals surface area contributed by atoms with Gasteiger partial charge in [-0.25, -0.2) is 0 Å². The Hall–Kier alpha value is -7.24. The lowest BCUT2D eigenvalue weighted by Gasteiger charge is -2.22. The van der Waals surface area contributed by atoms with Crippen molar-refractivity contribution in [3.05, 3.63) is 170 Å². The molecule has 0 N–H and O–H groups in total. The zero-order valence-electron chi connectivity index (χ0n) is 28.3. The van der Waals surface area contributed by atoms with Crippen molar-refractivity contribution in [2.75, 3.05) is 0 Å². The van der Waals surface area contributed by atoms with Crippen LogP contribution in [0.3, 0.4) is 0 Å². The summed E-state index contributed by atoms with van der Waals surface area (Å²) in [6.45, 7) is 0. The Kier molecular flexibility index (Phi) is 5.71. The van der Waals surface area contributed by atoms with Crippen LogP contribution in [0.1, 0.15) is 0 Å². The quantitative estimate of drug-likeness (QED) is 0.186. The van der Waals surface area contributed by atoms with Gasteiger partial charge in [-0.2, -0.15) is 0 Å². The van der Waals surface area contributed by atoms with Crippen LogP contribution in [0.25, 0.3) is 88.1 Å². The second-order valence-corrected chi connectivity index (χ2v) is 13.7. The number of rotatable bonds is 3. The highest BCUT2D eigenvalue weighted by molar-refractivity contribution is 6.16. The van der Waals surface area contributed by atoms with Crippen LogP contribution >= 0.6 is 0 Å². The van der Waals surface area contributed by atoms with E-state index >= 15 is 0 Å². The second kappa shape index (κ2) is 10.6. The van der Waals surface area contributed by atoms with Gasteiger partial charge in [0.2, 0.25) is 0 Å². The number of benzene rings is 8. The number of para-hydroxylation sites is 3. The van der Waals surface area contributed by atoms with Crippen molar-refractivity contribution in [1.82, 2.24) is 9.13 Å². The van der Waals surface area contributed by atoms with Gasteiger partial charge in [-0.3, -0.25) is 0 Å². The van der Waals surface area contributed by atoms with Crippen molar-refractivity contribution in [3.8, 4) is 45.5 Å². The largest absolute Gasteiger partial charge is 0.456 e. The Morgan fingerprint density at radius 3 is 1.51 bits per heavy atom. The van der Waals surface area contributed by atoms with Crippen LogP contribution in [0.5, 0.6) is 23.0 Å². The molecular weight excluding hydrogens is 653 g/mol. The number of nitrogens with zero attached hydrogens (tertiary/aromatic N) is 2. The van der Waals surface area contributed by atoms with Crippen molar-refractivity contribution >= 4 is 65.6 Å². The molecule has 1 aliphatic heterocycles. The first-order chi connectivity index (χ1) is 26.3. The molecule has 8 aromatic carbocycles. The first kappa shape index (κ1) is 28.5. The number of hydrogen-bond acceptors (Lipinski definition) is 3. The highest BCUT2D eigenvalue weighted by Gasteiger charge is 2.29. The number of fused-ring (bicyclic) bond motifs is 13. The smallest absolute Gasteiger partial charge is 0.180 e. The van der Waals surface area contributed by atoms with Crippen LogP contribution in [0.15, 0.2) is 174 Å². The van der Waals surface area contributed by atoms with Gasteiger partial charge in [-0.1, -0.05) is 97.1 Å². The first-order valence-electron chi connectivity index (χ1n) is 17.8. The molecule has 3 aromatic heterocycles. The summed E-state index contributed by atoms with van der Waals surface area (Å²) in [5.41, 5.74) is 10.6. The molecule has 0 atom stereocenters. The maximum Gasteiger partial charge on any atom is 0.180 e.